The fourth-order valence-electron chi connectivity index (χ4n) is 1.42. The summed E-state index contributed by atoms with van der Waals surface area (Å²) in [5, 5.41) is 9.43. The predicted molar refractivity (Wildman–Crippen MR) is 82.6 cm³/mol. The fraction of sp³-hybridized carbons (Fsp3) is 0.0769. The minimum absolute atomic E-state index is 0.137. The standard InChI is InChI=1S/C7H3Cl2F3O2S.C6H5NO2/c8-6-2-1-4(15(9,13)14)3-5(6)7(10,11)12;8-7(9)6-4-2-1-3-5-6/h1-3H;1-5H. The van der Waals surface area contributed by atoms with Crippen LogP contribution < -0.4 is 0 Å². The van der Waals surface area contributed by atoms with Crippen molar-refractivity contribution in [3.63, 3.8) is 0 Å². The van der Waals surface area contributed by atoms with Crippen molar-refractivity contribution >= 4 is 37.0 Å². The lowest BCUT2D eigenvalue weighted by Crippen LogP contribution is -2.07. The Bertz CT molecular complexity index is 827. The molecule has 2 aromatic rings. The van der Waals surface area contributed by atoms with Gasteiger partial charge in [0.05, 0.1) is 20.4 Å². The minimum atomic E-state index is -4.71. The van der Waals surface area contributed by atoms with Gasteiger partial charge in [0.1, 0.15) is 0 Å². The number of hydrogen-bond donors (Lipinski definition) is 0. The Morgan fingerprint density at radius 3 is 1.96 bits per heavy atom. The smallest absolute Gasteiger partial charge is 0.258 e. The largest absolute Gasteiger partial charge is 0.417 e. The van der Waals surface area contributed by atoms with E-state index in [-0.39, 0.29) is 5.69 Å². The van der Waals surface area contributed by atoms with E-state index in [1.54, 1.807) is 18.2 Å². The highest BCUT2D eigenvalue weighted by Gasteiger charge is 2.34. The average molecular weight is 402 g/mol. The van der Waals surface area contributed by atoms with Crippen molar-refractivity contribution in [3.05, 3.63) is 69.2 Å². The molecule has 0 radical (unpaired) electrons. The second-order valence-corrected chi connectivity index (χ2v) is 7.14. The van der Waals surface area contributed by atoms with Crippen LogP contribution in [0.1, 0.15) is 5.56 Å². The molecule has 0 aliphatic heterocycles. The molecule has 5 nitrogen and oxygen atoms in total. The van der Waals surface area contributed by atoms with Crippen LogP contribution in [0.4, 0.5) is 18.9 Å². The second-order valence-electron chi connectivity index (χ2n) is 4.17. The first-order valence-electron chi connectivity index (χ1n) is 5.94. The van der Waals surface area contributed by atoms with Gasteiger partial charge in [-0.15, -0.1) is 0 Å². The maximum atomic E-state index is 12.3. The van der Waals surface area contributed by atoms with Gasteiger partial charge in [-0.1, -0.05) is 29.8 Å². The van der Waals surface area contributed by atoms with Crippen molar-refractivity contribution in [2.45, 2.75) is 11.1 Å². The number of non-ortho nitro benzene ring substituents is 1. The zero-order valence-electron chi connectivity index (χ0n) is 11.5. The summed E-state index contributed by atoms with van der Waals surface area (Å²) < 4.78 is 58.4. The molecule has 0 atom stereocenters. The number of hydrogen-bond acceptors (Lipinski definition) is 4. The number of nitro groups is 1. The summed E-state index contributed by atoms with van der Waals surface area (Å²) in [5.41, 5.74) is -1.09. The molecule has 2 rings (SSSR count). The lowest BCUT2D eigenvalue weighted by molar-refractivity contribution is -0.384. The summed E-state index contributed by atoms with van der Waals surface area (Å²) in [6.07, 6.45) is -4.71. The van der Waals surface area contributed by atoms with E-state index in [4.69, 9.17) is 22.3 Å². The Hall–Kier alpha value is -1.84. The first-order chi connectivity index (χ1) is 10.9. The molecular formula is C13H8Cl2F3NO4S. The van der Waals surface area contributed by atoms with Crippen LogP contribution in [0.3, 0.4) is 0 Å². The lowest BCUT2D eigenvalue weighted by Gasteiger charge is -2.09. The Balaban J connectivity index is 0.000000272. The highest BCUT2D eigenvalue weighted by atomic mass is 35.7. The molecule has 0 amide bonds. The molecular weight excluding hydrogens is 394 g/mol. The molecule has 0 saturated carbocycles. The molecule has 0 fully saturated rings. The van der Waals surface area contributed by atoms with Gasteiger partial charge in [0, 0.05) is 22.8 Å². The third kappa shape index (κ3) is 5.99. The molecule has 0 saturated heterocycles. The number of nitrogens with zero attached hydrogens (tertiary/aromatic N) is 1. The molecule has 24 heavy (non-hydrogen) atoms. The monoisotopic (exact) mass is 401 g/mol. The quantitative estimate of drug-likeness (QED) is 0.408. The van der Waals surface area contributed by atoms with Gasteiger partial charge in [-0.2, -0.15) is 13.2 Å². The van der Waals surface area contributed by atoms with Crippen LogP contribution >= 0.6 is 22.3 Å². The topological polar surface area (TPSA) is 77.3 Å². The normalized spacial score (nSPS) is 11.4. The number of nitro benzene ring substituents is 1. The molecule has 0 heterocycles. The van der Waals surface area contributed by atoms with E-state index < -0.39 is 35.6 Å². The van der Waals surface area contributed by atoms with E-state index >= 15 is 0 Å². The number of benzene rings is 2. The highest BCUT2D eigenvalue weighted by Crippen LogP contribution is 2.36. The van der Waals surface area contributed by atoms with Gasteiger partial charge in [0.25, 0.3) is 14.7 Å². The summed E-state index contributed by atoms with van der Waals surface area (Å²) in [7, 11) is 0.706. The predicted octanol–water partition coefficient (Wildman–Crippen LogP) is 4.88. The number of alkyl halides is 3. The van der Waals surface area contributed by atoms with Crippen molar-refractivity contribution in [1.82, 2.24) is 0 Å². The molecule has 2 aromatic carbocycles. The molecule has 130 valence electrons. The second kappa shape index (κ2) is 7.82. The first-order valence-corrected chi connectivity index (χ1v) is 8.62. The maximum absolute atomic E-state index is 12.3. The van der Waals surface area contributed by atoms with Crippen molar-refractivity contribution in [3.8, 4) is 0 Å². The van der Waals surface area contributed by atoms with Gasteiger partial charge in [-0.25, -0.2) is 8.42 Å². The molecule has 0 spiro atoms. The Morgan fingerprint density at radius 2 is 1.58 bits per heavy atom. The Kier molecular flexibility index (Phi) is 6.58. The fourth-order valence-corrected chi connectivity index (χ4v) is 2.42. The Morgan fingerprint density at radius 1 is 1.04 bits per heavy atom. The lowest BCUT2D eigenvalue weighted by atomic mass is 10.2. The minimum Gasteiger partial charge on any atom is -0.258 e. The van der Waals surface area contributed by atoms with Gasteiger partial charge < -0.3 is 0 Å². The molecule has 0 unspecified atom stereocenters. The number of rotatable bonds is 2. The third-order valence-electron chi connectivity index (χ3n) is 2.49. The average Bonchev–Trinajstić information content (AvgIpc) is 2.47. The van der Waals surface area contributed by atoms with Crippen molar-refractivity contribution in [2.24, 2.45) is 0 Å². The van der Waals surface area contributed by atoms with Crippen LogP contribution in [-0.2, 0) is 15.2 Å². The van der Waals surface area contributed by atoms with Crippen LogP contribution in [0.2, 0.25) is 5.02 Å². The van der Waals surface area contributed by atoms with E-state index in [0.717, 1.165) is 12.1 Å². The summed E-state index contributed by atoms with van der Waals surface area (Å²) in [4.78, 5) is 8.95. The number of para-hydroxylation sites is 1. The summed E-state index contributed by atoms with van der Waals surface area (Å²) in [6.45, 7) is 0. The van der Waals surface area contributed by atoms with Crippen molar-refractivity contribution in [1.29, 1.82) is 0 Å². The van der Waals surface area contributed by atoms with Crippen LogP contribution in [0.25, 0.3) is 0 Å². The van der Waals surface area contributed by atoms with Gasteiger partial charge >= 0.3 is 6.18 Å². The van der Waals surface area contributed by atoms with Crippen LogP contribution in [0.15, 0.2) is 53.4 Å². The highest BCUT2D eigenvalue weighted by molar-refractivity contribution is 8.13. The Labute approximate surface area is 144 Å². The molecule has 11 heteroatoms. The van der Waals surface area contributed by atoms with Crippen LogP contribution in [0, 0.1) is 10.1 Å². The molecule has 0 aliphatic rings. The van der Waals surface area contributed by atoms with E-state index in [2.05, 4.69) is 0 Å². The van der Waals surface area contributed by atoms with Gasteiger partial charge in [-0.3, -0.25) is 10.1 Å². The van der Waals surface area contributed by atoms with Gasteiger partial charge in [0.15, 0.2) is 0 Å². The van der Waals surface area contributed by atoms with E-state index in [1.807, 2.05) is 0 Å². The summed E-state index contributed by atoms with van der Waals surface area (Å²) in [5.74, 6) is 0. The van der Waals surface area contributed by atoms with E-state index in [9.17, 15) is 31.7 Å². The van der Waals surface area contributed by atoms with Crippen LogP contribution in [-0.4, -0.2) is 13.3 Å². The maximum Gasteiger partial charge on any atom is 0.417 e. The zero-order chi connectivity index (χ0) is 18.5. The third-order valence-corrected chi connectivity index (χ3v) is 4.17. The van der Waals surface area contributed by atoms with Crippen molar-refractivity contribution in [2.75, 3.05) is 0 Å². The first kappa shape index (κ1) is 20.2. The van der Waals surface area contributed by atoms with E-state index in [0.29, 0.717) is 6.07 Å². The molecule has 0 N–H and O–H groups in total. The molecule has 0 bridgehead atoms. The SMILES string of the molecule is O=S(=O)(Cl)c1ccc(Cl)c(C(F)(F)F)c1.O=[N+]([O-])c1ccccc1. The van der Waals surface area contributed by atoms with Gasteiger partial charge in [0.2, 0.25) is 0 Å². The van der Waals surface area contributed by atoms with Crippen molar-refractivity contribution < 1.29 is 26.5 Å². The summed E-state index contributed by atoms with van der Waals surface area (Å²) >= 11 is 5.27. The van der Waals surface area contributed by atoms with Crippen LogP contribution in [0.5, 0.6) is 0 Å². The van der Waals surface area contributed by atoms with Gasteiger partial charge in [-0.05, 0) is 18.2 Å². The van der Waals surface area contributed by atoms with E-state index in [1.165, 1.54) is 12.1 Å². The molecule has 0 aliphatic carbocycles. The molecule has 0 aromatic heterocycles. The number of halogens is 5. The summed E-state index contributed by atoms with van der Waals surface area (Å²) in [6, 6.07) is 10.1. The zero-order valence-corrected chi connectivity index (χ0v) is 13.8.